The van der Waals surface area contributed by atoms with Gasteiger partial charge in [0.1, 0.15) is 0 Å². The molecule has 0 fully saturated rings. The SMILES string of the molecule is CC(=O)[O][Hg][C](C)(C)C. The zero-order valence-corrected chi connectivity index (χ0v) is 12.0. The van der Waals surface area contributed by atoms with Gasteiger partial charge in [0.2, 0.25) is 0 Å². The molecule has 50 valence electrons. The van der Waals surface area contributed by atoms with E-state index in [0.29, 0.717) is 2.92 Å². The van der Waals surface area contributed by atoms with Crippen LogP contribution in [0.1, 0.15) is 27.7 Å². The average molecular weight is 317 g/mol. The molecule has 0 rings (SSSR count). The Morgan fingerprint density at radius 3 is 2.00 bits per heavy atom. The van der Waals surface area contributed by atoms with Crippen LogP contribution >= 0.6 is 0 Å². The van der Waals surface area contributed by atoms with E-state index in [2.05, 4.69) is 20.8 Å². The Morgan fingerprint density at radius 1 is 1.44 bits per heavy atom. The van der Waals surface area contributed by atoms with E-state index in [9.17, 15) is 4.79 Å². The van der Waals surface area contributed by atoms with Crippen molar-refractivity contribution in [1.29, 1.82) is 0 Å². The normalized spacial score (nSPS) is 10.2. The Balaban J connectivity index is 3.39. The van der Waals surface area contributed by atoms with Gasteiger partial charge in [0.15, 0.2) is 0 Å². The molecule has 0 aromatic heterocycles. The molecule has 3 heteroatoms. The number of hydrogen-bond acceptors (Lipinski definition) is 2. The molecular formula is C6H12HgO2. The maximum atomic E-state index is 10.3. The summed E-state index contributed by atoms with van der Waals surface area (Å²) in [6, 6.07) is 0. The Labute approximate surface area is 69.1 Å². The van der Waals surface area contributed by atoms with Crippen LogP contribution < -0.4 is 0 Å². The van der Waals surface area contributed by atoms with Gasteiger partial charge in [-0.3, -0.25) is 0 Å². The molecule has 0 radical (unpaired) electrons. The first kappa shape index (κ1) is 9.41. The predicted molar refractivity (Wildman–Crippen MR) is 31.5 cm³/mol. The second kappa shape index (κ2) is 3.54. The van der Waals surface area contributed by atoms with Gasteiger partial charge in [-0.1, -0.05) is 0 Å². The van der Waals surface area contributed by atoms with E-state index in [1.54, 1.807) is 0 Å². The molecule has 0 atom stereocenters. The van der Waals surface area contributed by atoms with Gasteiger partial charge in [0.25, 0.3) is 0 Å². The van der Waals surface area contributed by atoms with Crippen molar-refractivity contribution in [2.75, 3.05) is 0 Å². The minimum atomic E-state index is -1.34. The zero-order chi connectivity index (χ0) is 7.49. The van der Waals surface area contributed by atoms with E-state index >= 15 is 0 Å². The van der Waals surface area contributed by atoms with Gasteiger partial charge in [-0.05, 0) is 0 Å². The van der Waals surface area contributed by atoms with Crippen molar-refractivity contribution in [3.63, 3.8) is 0 Å². The first-order valence-corrected chi connectivity index (χ1v) is 8.04. The summed E-state index contributed by atoms with van der Waals surface area (Å²) in [6.45, 7) is 7.85. The number of hydrogen-bond donors (Lipinski definition) is 0. The second-order valence-electron chi connectivity index (χ2n) is 3.34. The summed E-state index contributed by atoms with van der Waals surface area (Å²) in [7, 11) is 0. The molecule has 9 heavy (non-hydrogen) atoms. The molecule has 0 unspecified atom stereocenters. The summed E-state index contributed by atoms with van der Waals surface area (Å²) in [5, 5.41) is 0. The van der Waals surface area contributed by atoms with Gasteiger partial charge in [0, 0.05) is 0 Å². The first-order chi connectivity index (χ1) is 3.92. The number of rotatable bonds is 1. The van der Waals surface area contributed by atoms with Crippen LogP contribution in [0.3, 0.4) is 0 Å². The van der Waals surface area contributed by atoms with Crippen molar-refractivity contribution in [2.45, 2.75) is 30.6 Å². The topological polar surface area (TPSA) is 26.3 Å². The van der Waals surface area contributed by atoms with Gasteiger partial charge in [-0.2, -0.15) is 0 Å². The minimum absolute atomic E-state index is 0.105. The molecule has 0 aliphatic heterocycles. The Hall–Kier alpha value is 0.405. The summed E-state index contributed by atoms with van der Waals surface area (Å²) in [6.07, 6.45) is 0. The van der Waals surface area contributed by atoms with Crippen molar-refractivity contribution in [3.8, 4) is 0 Å². The second-order valence-corrected chi connectivity index (χ2v) is 13.8. The van der Waals surface area contributed by atoms with E-state index < -0.39 is 25.0 Å². The molecular weight excluding hydrogens is 305 g/mol. The van der Waals surface area contributed by atoms with Crippen molar-refractivity contribution in [1.82, 2.24) is 0 Å². The van der Waals surface area contributed by atoms with E-state index in [1.165, 1.54) is 6.92 Å². The van der Waals surface area contributed by atoms with Crippen LogP contribution in [-0.4, -0.2) is 5.97 Å². The van der Waals surface area contributed by atoms with Crippen LogP contribution in [0.25, 0.3) is 0 Å². The van der Waals surface area contributed by atoms with Gasteiger partial charge in [-0.15, -0.1) is 0 Å². The van der Waals surface area contributed by atoms with Crippen LogP contribution in [0.2, 0.25) is 2.92 Å². The zero-order valence-electron chi connectivity index (χ0n) is 6.52. The third-order valence-electron chi connectivity index (χ3n) is 0.708. The van der Waals surface area contributed by atoms with E-state index in [1.807, 2.05) is 0 Å². The quantitative estimate of drug-likeness (QED) is 0.689. The predicted octanol–water partition coefficient (Wildman–Crippen LogP) is 1.77. The summed E-state index contributed by atoms with van der Waals surface area (Å²) >= 11 is -1.34. The molecule has 0 saturated carbocycles. The van der Waals surface area contributed by atoms with E-state index in [4.69, 9.17) is 2.64 Å². The fraction of sp³-hybridized carbons (Fsp3) is 0.833. The van der Waals surface area contributed by atoms with Gasteiger partial charge >= 0.3 is 69.1 Å². The van der Waals surface area contributed by atoms with E-state index in [-0.39, 0.29) is 5.97 Å². The Bertz CT molecular complexity index is 104. The number of carbonyl (C=O) groups is 1. The molecule has 0 bridgehead atoms. The maximum absolute atomic E-state index is 10.3. The Kier molecular flexibility index (Phi) is 3.70. The fourth-order valence-electron chi connectivity index (χ4n) is 0.318. The fourth-order valence-corrected chi connectivity index (χ4v) is 2.79. The van der Waals surface area contributed by atoms with Crippen molar-refractivity contribution < 1.29 is 32.5 Å². The van der Waals surface area contributed by atoms with Gasteiger partial charge < -0.3 is 0 Å². The van der Waals surface area contributed by atoms with Gasteiger partial charge in [0.05, 0.1) is 0 Å². The van der Waals surface area contributed by atoms with Crippen LogP contribution in [0, 0.1) is 0 Å². The van der Waals surface area contributed by atoms with Crippen LogP contribution in [0.5, 0.6) is 0 Å². The summed E-state index contributed by atoms with van der Waals surface area (Å²) in [5.74, 6) is -0.105. The molecule has 0 aromatic carbocycles. The van der Waals surface area contributed by atoms with Gasteiger partial charge in [-0.25, -0.2) is 0 Å². The van der Waals surface area contributed by atoms with E-state index in [0.717, 1.165) is 0 Å². The molecule has 0 spiro atoms. The van der Waals surface area contributed by atoms with Crippen LogP contribution in [0.4, 0.5) is 0 Å². The summed E-state index contributed by atoms with van der Waals surface area (Å²) < 4.78 is 5.30. The number of carbonyl (C=O) groups excluding carboxylic acids is 1. The van der Waals surface area contributed by atoms with Crippen molar-refractivity contribution >= 4 is 5.97 Å². The standard InChI is InChI=1S/C4H9.C2H4O2.Hg/c1-4(2)3;1-2(3)4;/h1-3H3;1H3,(H,3,4);/q;;+1/p-1. The molecule has 0 amide bonds. The Morgan fingerprint density at radius 2 is 1.89 bits per heavy atom. The molecule has 0 aliphatic rings. The van der Waals surface area contributed by atoms with Crippen molar-refractivity contribution in [2.24, 2.45) is 0 Å². The molecule has 0 N–H and O–H groups in total. The average Bonchev–Trinajstić information content (AvgIpc) is 1.59. The molecule has 0 aliphatic carbocycles. The summed E-state index contributed by atoms with van der Waals surface area (Å²) in [4.78, 5) is 10.3. The molecule has 0 saturated heterocycles. The third kappa shape index (κ3) is 8.41. The van der Waals surface area contributed by atoms with Crippen LogP contribution in [0.15, 0.2) is 0 Å². The van der Waals surface area contributed by atoms with Crippen molar-refractivity contribution in [3.05, 3.63) is 0 Å². The molecule has 0 heterocycles. The first-order valence-electron chi connectivity index (χ1n) is 3.05. The third-order valence-corrected chi connectivity index (χ3v) is 6.22. The van der Waals surface area contributed by atoms with Crippen LogP contribution in [-0.2, 0) is 32.5 Å². The summed E-state index contributed by atoms with van der Waals surface area (Å²) in [5.41, 5.74) is 0. The molecule has 0 aromatic rings. The molecule has 2 nitrogen and oxygen atoms in total. The monoisotopic (exact) mass is 318 g/mol.